The number of benzene rings is 2. The number of aryl methyl sites for hydroxylation is 1. The van der Waals surface area contributed by atoms with Crippen LogP contribution in [0.4, 0.5) is 5.69 Å². The van der Waals surface area contributed by atoms with Crippen molar-refractivity contribution in [3.8, 4) is 0 Å². The van der Waals surface area contributed by atoms with Crippen LogP contribution in [0.3, 0.4) is 0 Å². The van der Waals surface area contributed by atoms with E-state index in [0.717, 1.165) is 31.5 Å². The summed E-state index contributed by atoms with van der Waals surface area (Å²) in [4.78, 5) is 23.6. The molecule has 0 aliphatic heterocycles. The molecule has 1 N–H and O–H groups in total. The van der Waals surface area contributed by atoms with Crippen molar-refractivity contribution in [1.82, 2.24) is 19.7 Å². The predicted octanol–water partition coefficient (Wildman–Crippen LogP) is 4.63. The normalized spacial score (nSPS) is 12.1. The maximum absolute atomic E-state index is 12.9. The van der Waals surface area contributed by atoms with Crippen molar-refractivity contribution in [3.05, 3.63) is 67.1 Å². The summed E-state index contributed by atoms with van der Waals surface area (Å²) in [6, 6.07) is 17.9. The van der Waals surface area contributed by atoms with Gasteiger partial charge in [0.05, 0.1) is 22.5 Å². The number of hydrogen-bond acceptors (Lipinski definition) is 6. The summed E-state index contributed by atoms with van der Waals surface area (Å²) in [6.07, 6.45) is 3.23. The molecule has 6 nitrogen and oxygen atoms in total. The second-order valence-corrected chi connectivity index (χ2v) is 8.79. The summed E-state index contributed by atoms with van der Waals surface area (Å²) in [5.74, 6) is -0.0771. The minimum atomic E-state index is -0.330. The van der Waals surface area contributed by atoms with Crippen molar-refractivity contribution in [2.24, 2.45) is 7.05 Å². The Morgan fingerprint density at radius 2 is 1.83 bits per heavy atom. The number of carbonyl (C=O) groups is 1. The molecule has 8 heteroatoms. The quantitative estimate of drug-likeness (QED) is 0.361. The van der Waals surface area contributed by atoms with Crippen molar-refractivity contribution in [1.29, 1.82) is 0 Å². The lowest BCUT2D eigenvalue weighted by Crippen LogP contribution is -2.22. The molecule has 29 heavy (non-hydrogen) atoms. The Bertz CT molecular complexity index is 1150. The van der Waals surface area contributed by atoms with E-state index in [-0.39, 0.29) is 11.2 Å². The molecule has 0 fully saturated rings. The van der Waals surface area contributed by atoms with Crippen LogP contribution in [0.2, 0.25) is 0 Å². The van der Waals surface area contributed by atoms with Gasteiger partial charge in [-0.1, -0.05) is 53.9 Å². The molecule has 4 aromatic rings. The van der Waals surface area contributed by atoms with E-state index < -0.39 is 0 Å². The third-order valence-corrected chi connectivity index (χ3v) is 6.47. The maximum atomic E-state index is 12.9. The topological polar surface area (TPSA) is 72.7 Å². The summed E-state index contributed by atoms with van der Waals surface area (Å²) in [6.45, 7) is 1.87. The number of rotatable bonds is 6. The van der Waals surface area contributed by atoms with Crippen molar-refractivity contribution in [2.75, 3.05) is 5.32 Å². The van der Waals surface area contributed by atoms with Gasteiger partial charge in [0.1, 0.15) is 11.4 Å². The molecular weight excluding hydrogens is 402 g/mol. The van der Waals surface area contributed by atoms with Gasteiger partial charge in [-0.15, -0.1) is 0 Å². The van der Waals surface area contributed by atoms with Crippen molar-refractivity contribution in [3.63, 3.8) is 0 Å². The first-order valence-electron chi connectivity index (χ1n) is 9.04. The minimum Gasteiger partial charge on any atom is -0.324 e. The molecule has 0 radical (unpaired) electrons. The van der Waals surface area contributed by atoms with Crippen molar-refractivity contribution < 1.29 is 4.79 Å². The van der Waals surface area contributed by atoms with Gasteiger partial charge in [0.2, 0.25) is 5.91 Å². The van der Waals surface area contributed by atoms with E-state index >= 15 is 0 Å². The van der Waals surface area contributed by atoms with Gasteiger partial charge in [-0.05, 0) is 31.2 Å². The highest BCUT2D eigenvalue weighted by atomic mass is 32.2. The highest BCUT2D eigenvalue weighted by molar-refractivity contribution is 8.00. The van der Waals surface area contributed by atoms with Gasteiger partial charge in [0, 0.05) is 16.8 Å². The Balaban J connectivity index is 1.49. The Hall–Kier alpha value is -2.84. The second-order valence-electron chi connectivity index (χ2n) is 6.34. The van der Waals surface area contributed by atoms with Crippen LogP contribution in [0, 0.1) is 0 Å². The fourth-order valence-electron chi connectivity index (χ4n) is 2.76. The Morgan fingerprint density at radius 3 is 2.66 bits per heavy atom. The fraction of sp³-hybridized carbons (Fsp3) is 0.143. The zero-order chi connectivity index (χ0) is 20.2. The van der Waals surface area contributed by atoms with Crippen LogP contribution >= 0.6 is 23.5 Å². The van der Waals surface area contributed by atoms with Gasteiger partial charge in [0.15, 0.2) is 5.65 Å². The third-order valence-electron chi connectivity index (χ3n) is 4.27. The molecule has 0 saturated carbocycles. The number of thioether (sulfide) groups is 1. The summed E-state index contributed by atoms with van der Waals surface area (Å²) in [5.41, 5.74) is 1.55. The van der Waals surface area contributed by atoms with E-state index in [2.05, 4.69) is 32.5 Å². The van der Waals surface area contributed by atoms with Gasteiger partial charge in [-0.25, -0.2) is 9.97 Å². The molecule has 0 saturated heterocycles. The molecule has 4 rings (SSSR count). The van der Waals surface area contributed by atoms with E-state index in [1.54, 1.807) is 22.6 Å². The number of aromatic nitrogens is 4. The summed E-state index contributed by atoms with van der Waals surface area (Å²) >= 11 is 3.02. The minimum absolute atomic E-state index is 0.0771. The molecule has 0 bridgehead atoms. The van der Waals surface area contributed by atoms with E-state index in [1.165, 1.54) is 18.1 Å². The molecule has 146 valence electrons. The summed E-state index contributed by atoms with van der Waals surface area (Å²) < 4.78 is 1.70. The van der Waals surface area contributed by atoms with Crippen LogP contribution in [0.1, 0.15) is 6.92 Å². The van der Waals surface area contributed by atoms with Crippen LogP contribution in [-0.2, 0) is 11.8 Å². The average molecular weight is 422 g/mol. The predicted molar refractivity (Wildman–Crippen MR) is 117 cm³/mol. The van der Waals surface area contributed by atoms with Gasteiger partial charge in [-0.3, -0.25) is 9.48 Å². The molecular formula is C21H19N5OS2. The molecule has 0 aliphatic carbocycles. The van der Waals surface area contributed by atoms with Crippen LogP contribution in [-0.4, -0.2) is 30.9 Å². The number of fused-ring (bicyclic) bond motifs is 1. The standard InChI is InChI=1S/C21H19N5OS2/c1-14(28-21-16-12-24-26(2)19(16)22-13-23-21)20(27)25-17-10-6-7-11-18(17)29-15-8-4-3-5-9-15/h3-14H,1-2H3,(H,25,27). The Kier molecular flexibility index (Phi) is 5.82. The second kappa shape index (κ2) is 8.67. The molecule has 1 atom stereocenters. The number of para-hydroxylation sites is 1. The largest absolute Gasteiger partial charge is 0.324 e. The highest BCUT2D eigenvalue weighted by Gasteiger charge is 2.19. The van der Waals surface area contributed by atoms with E-state index in [9.17, 15) is 4.79 Å². The number of hydrogen-bond donors (Lipinski definition) is 1. The van der Waals surface area contributed by atoms with Crippen LogP contribution in [0.5, 0.6) is 0 Å². The number of carbonyl (C=O) groups excluding carboxylic acids is 1. The molecule has 1 unspecified atom stereocenters. The first kappa shape index (κ1) is 19.5. The third kappa shape index (κ3) is 4.44. The monoisotopic (exact) mass is 421 g/mol. The molecule has 0 aliphatic rings. The Labute approximate surface area is 177 Å². The first-order chi connectivity index (χ1) is 14.1. The fourth-order valence-corrected chi connectivity index (χ4v) is 4.57. The smallest absolute Gasteiger partial charge is 0.237 e. The van der Waals surface area contributed by atoms with E-state index in [4.69, 9.17) is 0 Å². The van der Waals surface area contributed by atoms with E-state index in [0.29, 0.717) is 0 Å². The van der Waals surface area contributed by atoms with Gasteiger partial charge in [0.25, 0.3) is 0 Å². The van der Waals surface area contributed by atoms with Gasteiger partial charge in [-0.2, -0.15) is 5.10 Å². The zero-order valence-corrected chi connectivity index (χ0v) is 17.6. The summed E-state index contributed by atoms with van der Waals surface area (Å²) in [5, 5.41) is 8.55. The van der Waals surface area contributed by atoms with Crippen LogP contribution < -0.4 is 5.32 Å². The summed E-state index contributed by atoms with van der Waals surface area (Å²) in [7, 11) is 1.83. The van der Waals surface area contributed by atoms with Crippen molar-refractivity contribution in [2.45, 2.75) is 27.0 Å². The average Bonchev–Trinajstić information content (AvgIpc) is 3.12. The number of nitrogens with zero attached hydrogens (tertiary/aromatic N) is 4. The van der Waals surface area contributed by atoms with Crippen LogP contribution in [0.15, 0.2) is 81.9 Å². The first-order valence-corrected chi connectivity index (χ1v) is 10.7. The van der Waals surface area contributed by atoms with E-state index in [1.807, 2.05) is 56.4 Å². The van der Waals surface area contributed by atoms with Crippen LogP contribution in [0.25, 0.3) is 11.0 Å². The molecule has 2 aromatic heterocycles. The zero-order valence-electron chi connectivity index (χ0n) is 15.9. The maximum Gasteiger partial charge on any atom is 0.237 e. The Morgan fingerprint density at radius 1 is 1.07 bits per heavy atom. The number of amides is 1. The SMILES string of the molecule is CC(Sc1ncnc2c1cnn2C)C(=O)Nc1ccccc1Sc1ccccc1. The lowest BCUT2D eigenvalue weighted by atomic mass is 10.3. The van der Waals surface area contributed by atoms with Gasteiger partial charge < -0.3 is 5.32 Å². The lowest BCUT2D eigenvalue weighted by molar-refractivity contribution is -0.115. The van der Waals surface area contributed by atoms with Gasteiger partial charge >= 0.3 is 0 Å². The molecule has 0 spiro atoms. The number of nitrogens with one attached hydrogen (secondary N) is 1. The highest BCUT2D eigenvalue weighted by Crippen LogP contribution is 2.34. The molecule has 1 amide bonds. The van der Waals surface area contributed by atoms with Crippen molar-refractivity contribution >= 4 is 46.2 Å². The lowest BCUT2D eigenvalue weighted by Gasteiger charge is -2.14. The number of anilines is 1. The molecule has 2 aromatic carbocycles. The molecule has 2 heterocycles.